The smallest absolute Gasteiger partial charge is 0.253 e. The summed E-state index contributed by atoms with van der Waals surface area (Å²) in [5, 5.41) is 0. The molecule has 0 unspecified atom stereocenters. The van der Waals surface area contributed by atoms with Crippen molar-refractivity contribution in [3.05, 3.63) is 64.4 Å². The van der Waals surface area contributed by atoms with E-state index in [2.05, 4.69) is 20.9 Å². The summed E-state index contributed by atoms with van der Waals surface area (Å²) in [6.07, 6.45) is 4.37. The lowest BCUT2D eigenvalue weighted by Gasteiger charge is -2.17. The second kappa shape index (κ2) is 6.48. The minimum atomic E-state index is 0.0374. The first-order valence-corrected chi connectivity index (χ1v) is 6.86. The zero-order valence-electron chi connectivity index (χ0n) is 10.7. The van der Waals surface area contributed by atoms with Crippen molar-refractivity contribution in [1.82, 2.24) is 9.88 Å². The Labute approximate surface area is 121 Å². The lowest BCUT2D eigenvalue weighted by atomic mass is 10.1. The highest BCUT2D eigenvalue weighted by Gasteiger charge is 2.11. The summed E-state index contributed by atoms with van der Waals surface area (Å²) in [5.41, 5.74) is 1.88. The Bertz CT molecular complexity index is 557. The van der Waals surface area contributed by atoms with E-state index in [9.17, 15) is 4.79 Å². The van der Waals surface area contributed by atoms with Gasteiger partial charge >= 0.3 is 0 Å². The summed E-state index contributed by atoms with van der Waals surface area (Å²) < 4.78 is 0.917. The monoisotopic (exact) mass is 318 g/mol. The Morgan fingerprint density at radius 1 is 1.26 bits per heavy atom. The standard InChI is InChI=1S/C15H15BrN2O/c1-18(10-7-12-5-8-17-9-6-12)15(19)13-3-2-4-14(16)11-13/h2-6,8-9,11H,7,10H2,1H3. The molecule has 4 heteroatoms. The van der Waals surface area contributed by atoms with Crippen LogP contribution in [-0.4, -0.2) is 29.4 Å². The number of hydrogen-bond acceptors (Lipinski definition) is 2. The van der Waals surface area contributed by atoms with E-state index in [1.54, 1.807) is 17.3 Å². The normalized spacial score (nSPS) is 10.2. The van der Waals surface area contributed by atoms with Gasteiger partial charge < -0.3 is 4.90 Å². The second-order valence-electron chi connectivity index (χ2n) is 4.34. The molecule has 0 aliphatic carbocycles. The molecule has 98 valence electrons. The predicted octanol–water partition coefficient (Wildman–Crippen LogP) is 3.16. The molecule has 0 N–H and O–H groups in total. The van der Waals surface area contributed by atoms with E-state index in [-0.39, 0.29) is 5.91 Å². The van der Waals surface area contributed by atoms with Gasteiger partial charge in [0.1, 0.15) is 0 Å². The number of nitrogens with zero attached hydrogens (tertiary/aromatic N) is 2. The highest BCUT2D eigenvalue weighted by molar-refractivity contribution is 9.10. The van der Waals surface area contributed by atoms with Crippen LogP contribution in [0.25, 0.3) is 0 Å². The SMILES string of the molecule is CN(CCc1ccncc1)C(=O)c1cccc(Br)c1. The fourth-order valence-electron chi connectivity index (χ4n) is 1.79. The fraction of sp³-hybridized carbons (Fsp3) is 0.200. The molecule has 0 saturated heterocycles. The highest BCUT2D eigenvalue weighted by Crippen LogP contribution is 2.13. The van der Waals surface area contributed by atoms with Crippen LogP contribution in [0.5, 0.6) is 0 Å². The number of pyridine rings is 1. The third kappa shape index (κ3) is 3.89. The van der Waals surface area contributed by atoms with E-state index in [0.717, 1.165) is 10.9 Å². The van der Waals surface area contributed by atoms with Crippen molar-refractivity contribution in [3.8, 4) is 0 Å². The third-order valence-corrected chi connectivity index (χ3v) is 3.40. The quantitative estimate of drug-likeness (QED) is 0.867. The minimum absolute atomic E-state index is 0.0374. The highest BCUT2D eigenvalue weighted by atomic mass is 79.9. The topological polar surface area (TPSA) is 33.2 Å². The summed E-state index contributed by atoms with van der Waals surface area (Å²) in [6, 6.07) is 11.4. The van der Waals surface area contributed by atoms with Crippen molar-refractivity contribution in [2.45, 2.75) is 6.42 Å². The Morgan fingerprint density at radius 2 is 2.00 bits per heavy atom. The molecule has 1 aromatic heterocycles. The summed E-state index contributed by atoms with van der Waals surface area (Å²) in [5.74, 6) is 0.0374. The average molecular weight is 319 g/mol. The molecule has 2 aromatic rings. The van der Waals surface area contributed by atoms with Crippen molar-refractivity contribution >= 4 is 21.8 Å². The van der Waals surface area contributed by atoms with Gasteiger partial charge in [-0.05, 0) is 42.3 Å². The van der Waals surface area contributed by atoms with Gasteiger partial charge in [0.15, 0.2) is 0 Å². The van der Waals surface area contributed by atoms with Crippen LogP contribution in [-0.2, 0) is 6.42 Å². The van der Waals surface area contributed by atoms with Crippen LogP contribution in [0.4, 0.5) is 0 Å². The maximum atomic E-state index is 12.2. The first-order chi connectivity index (χ1) is 9.16. The van der Waals surface area contributed by atoms with Gasteiger partial charge in [-0.25, -0.2) is 0 Å². The minimum Gasteiger partial charge on any atom is -0.341 e. The maximum Gasteiger partial charge on any atom is 0.253 e. The molecule has 0 fully saturated rings. The molecule has 0 saturated carbocycles. The number of likely N-dealkylation sites (N-methyl/N-ethyl adjacent to an activating group) is 1. The van der Waals surface area contributed by atoms with Crippen LogP contribution < -0.4 is 0 Å². The van der Waals surface area contributed by atoms with E-state index < -0.39 is 0 Å². The van der Waals surface area contributed by atoms with Gasteiger partial charge in [-0.3, -0.25) is 9.78 Å². The molecule has 0 aliphatic rings. The molecule has 0 spiro atoms. The zero-order valence-corrected chi connectivity index (χ0v) is 12.3. The molecule has 0 atom stereocenters. The van der Waals surface area contributed by atoms with E-state index in [4.69, 9.17) is 0 Å². The predicted molar refractivity (Wildman–Crippen MR) is 79.0 cm³/mol. The van der Waals surface area contributed by atoms with Crippen LogP contribution in [0.2, 0.25) is 0 Å². The van der Waals surface area contributed by atoms with E-state index in [0.29, 0.717) is 12.1 Å². The van der Waals surface area contributed by atoms with Gasteiger partial charge in [-0.15, -0.1) is 0 Å². The van der Waals surface area contributed by atoms with Gasteiger partial charge in [-0.2, -0.15) is 0 Å². The molecular weight excluding hydrogens is 304 g/mol. The summed E-state index contributed by atoms with van der Waals surface area (Å²) in [7, 11) is 1.82. The van der Waals surface area contributed by atoms with Crippen molar-refractivity contribution in [1.29, 1.82) is 0 Å². The number of hydrogen-bond donors (Lipinski definition) is 0. The Hall–Kier alpha value is -1.68. The third-order valence-electron chi connectivity index (χ3n) is 2.90. The van der Waals surface area contributed by atoms with Crippen LogP contribution in [0.15, 0.2) is 53.3 Å². The molecule has 1 amide bonds. The largest absolute Gasteiger partial charge is 0.341 e. The first kappa shape index (κ1) is 13.7. The van der Waals surface area contributed by atoms with E-state index in [1.165, 1.54) is 5.56 Å². The average Bonchev–Trinajstić information content (AvgIpc) is 2.45. The van der Waals surface area contributed by atoms with Gasteiger partial charge in [0.25, 0.3) is 5.91 Å². The number of rotatable bonds is 4. The first-order valence-electron chi connectivity index (χ1n) is 6.07. The van der Waals surface area contributed by atoms with Crippen molar-refractivity contribution in [3.63, 3.8) is 0 Å². The van der Waals surface area contributed by atoms with Crippen LogP contribution >= 0.6 is 15.9 Å². The second-order valence-corrected chi connectivity index (χ2v) is 5.26. The van der Waals surface area contributed by atoms with E-state index in [1.807, 2.05) is 43.4 Å². The van der Waals surface area contributed by atoms with E-state index >= 15 is 0 Å². The van der Waals surface area contributed by atoms with Crippen LogP contribution in [0, 0.1) is 0 Å². The lowest BCUT2D eigenvalue weighted by molar-refractivity contribution is 0.0796. The number of halogens is 1. The molecule has 3 nitrogen and oxygen atoms in total. The van der Waals surface area contributed by atoms with Crippen molar-refractivity contribution < 1.29 is 4.79 Å². The molecule has 0 aliphatic heterocycles. The Balaban J connectivity index is 1.96. The molecule has 2 rings (SSSR count). The number of carbonyl (C=O) groups is 1. The number of carbonyl (C=O) groups excluding carboxylic acids is 1. The molecule has 1 aromatic carbocycles. The zero-order chi connectivity index (χ0) is 13.7. The summed E-state index contributed by atoms with van der Waals surface area (Å²) in [6.45, 7) is 0.690. The molecule has 19 heavy (non-hydrogen) atoms. The Kier molecular flexibility index (Phi) is 4.68. The maximum absolute atomic E-state index is 12.2. The number of benzene rings is 1. The molecule has 0 radical (unpaired) electrons. The van der Waals surface area contributed by atoms with Gasteiger partial charge in [0, 0.05) is 36.0 Å². The summed E-state index contributed by atoms with van der Waals surface area (Å²) in [4.78, 5) is 17.9. The number of aromatic nitrogens is 1. The van der Waals surface area contributed by atoms with Gasteiger partial charge in [0.05, 0.1) is 0 Å². The molecule has 1 heterocycles. The lowest BCUT2D eigenvalue weighted by Crippen LogP contribution is -2.28. The Morgan fingerprint density at radius 3 is 2.68 bits per heavy atom. The fourth-order valence-corrected chi connectivity index (χ4v) is 2.19. The molecular formula is C15H15BrN2O. The molecule has 0 bridgehead atoms. The van der Waals surface area contributed by atoms with Crippen LogP contribution in [0.1, 0.15) is 15.9 Å². The van der Waals surface area contributed by atoms with Gasteiger partial charge in [-0.1, -0.05) is 22.0 Å². The van der Waals surface area contributed by atoms with Crippen molar-refractivity contribution in [2.75, 3.05) is 13.6 Å². The van der Waals surface area contributed by atoms with Crippen molar-refractivity contribution in [2.24, 2.45) is 0 Å². The number of amides is 1. The van der Waals surface area contributed by atoms with Crippen LogP contribution in [0.3, 0.4) is 0 Å². The summed E-state index contributed by atoms with van der Waals surface area (Å²) >= 11 is 3.38. The van der Waals surface area contributed by atoms with Gasteiger partial charge in [0.2, 0.25) is 0 Å².